The molecule has 0 amide bonds. The fourth-order valence-electron chi connectivity index (χ4n) is 1.34. The van der Waals surface area contributed by atoms with Crippen LogP contribution in [-0.2, 0) is 0 Å². The standard InChI is InChI=1S/C9H12N2OS/c1-6-9(13-11-10-6)8(12)5-4-7-2-3-7/h7H,2-5H2,1H3. The Bertz CT molecular complexity index is 317. The molecule has 1 aromatic rings. The van der Waals surface area contributed by atoms with Crippen LogP contribution in [0.25, 0.3) is 0 Å². The number of aromatic nitrogens is 2. The van der Waals surface area contributed by atoms with Crippen LogP contribution in [0.2, 0.25) is 0 Å². The maximum atomic E-state index is 11.6. The molecule has 1 aliphatic carbocycles. The summed E-state index contributed by atoms with van der Waals surface area (Å²) in [6, 6.07) is 0. The van der Waals surface area contributed by atoms with Gasteiger partial charge >= 0.3 is 0 Å². The summed E-state index contributed by atoms with van der Waals surface area (Å²) in [4.78, 5) is 12.3. The molecule has 2 rings (SSSR count). The normalized spacial score (nSPS) is 16.1. The number of Topliss-reactive ketones (excluding diaryl/α,β-unsaturated/α-hetero) is 1. The number of nitrogens with zero attached hydrogens (tertiary/aromatic N) is 2. The average molecular weight is 196 g/mol. The summed E-state index contributed by atoms with van der Waals surface area (Å²) >= 11 is 1.22. The number of rotatable bonds is 4. The molecular weight excluding hydrogens is 184 g/mol. The first-order chi connectivity index (χ1) is 6.27. The van der Waals surface area contributed by atoms with Crippen LogP contribution in [0.1, 0.15) is 41.0 Å². The molecule has 0 spiro atoms. The van der Waals surface area contributed by atoms with E-state index in [0.717, 1.165) is 22.9 Å². The van der Waals surface area contributed by atoms with Crippen molar-refractivity contribution in [1.29, 1.82) is 0 Å². The van der Waals surface area contributed by atoms with Crippen molar-refractivity contribution >= 4 is 17.3 Å². The van der Waals surface area contributed by atoms with Crippen LogP contribution in [0, 0.1) is 12.8 Å². The Balaban J connectivity index is 1.92. The second kappa shape index (κ2) is 3.54. The minimum absolute atomic E-state index is 0.222. The molecule has 1 aliphatic rings. The first-order valence-corrected chi connectivity index (χ1v) is 5.37. The van der Waals surface area contributed by atoms with E-state index in [4.69, 9.17) is 0 Å². The third-order valence-corrected chi connectivity index (χ3v) is 3.25. The van der Waals surface area contributed by atoms with Gasteiger partial charge in [0.1, 0.15) is 4.88 Å². The van der Waals surface area contributed by atoms with Crippen LogP contribution in [-0.4, -0.2) is 15.4 Å². The highest BCUT2D eigenvalue weighted by Crippen LogP contribution is 2.34. The van der Waals surface area contributed by atoms with Gasteiger partial charge < -0.3 is 0 Å². The maximum Gasteiger partial charge on any atom is 0.176 e. The summed E-state index contributed by atoms with van der Waals surface area (Å²) < 4.78 is 3.76. The number of hydrogen-bond donors (Lipinski definition) is 0. The van der Waals surface area contributed by atoms with Gasteiger partial charge in [0.25, 0.3) is 0 Å². The molecule has 1 aromatic heterocycles. The zero-order valence-corrected chi connectivity index (χ0v) is 8.43. The fraction of sp³-hybridized carbons (Fsp3) is 0.667. The summed E-state index contributed by atoms with van der Waals surface area (Å²) in [5.74, 6) is 1.05. The van der Waals surface area contributed by atoms with E-state index in [1.165, 1.54) is 24.4 Å². The van der Waals surface area contributed by atoms with Crippen molar-refractivity contribution < 1.29 is 4.79 Å². The molecule has 13 heavy (non-hydrogen) atoms. The number of carbonyl (C=O) groups is 1. The topological polar surface area (TPSA) is 42.9 Å². The second-order valence-electron chi connectivity index (χ2n) is 3.59. The first-order valence-electron chi connectivity index (χ1n) is 4.59. The Labute approximate surface area is 81.3 Å². The van der Waals surface area contributed by atoms with Gasteiger partial charge in [0, 0.05) is 6.42 Å². The number of aryl methyl sites for hydroxylation is 1. The Hall–Kier alpha value is -0.770. The highest BCUT2D eigenvalue weighted by atomic mass is 32.1. The van der Waals surface area contributed by atoms with E-state index in [1.807, 2.05) is 6.92 Å². The molecule has 0 aromatic carbocycles. The van der Waals surface area contributed by atoms with E-state index in [2.05, 4.69) is 9.59 Å². The first kappa shape index (κ1) is 8.81. The zero-order chi connectivity index (χ0) is 9.26. The van der Waals surface area contributed by atoms with Gasteiger partial charge in [0.2, 0.25) is 0 Å². The monoisotopic (exact) mass is 196 g/mol. The minimum atomic E-state index is 0.222. The Kier molecular flexibility index (Phi) is 2.40. The molecule has 0 unspecified atom stereocenters. The largest absolute Gasteiger partial charge is 0.293 e. The van der Waals surface area contributed by atoms with E-state index < -0.39 is 0 Å². The summed E-state index contributed by atoms with van der Waals surface area (Å²) in [7, 11) is 0. The van der Waals surface area contributed by atoms with Crippen molar-refractivity contribution in [2.75, 3.05) is 0 Å². The number of hydrogen-bond acceptors (Lipinski definition) is 4. The predicted octanol–water partition coefficient (Wildman–Crippen LogP) is 2.22. The highest BCUT2D eigenvalue weighted by molar-refractivity contribution is 7.08. The summed E-state index contributed by atoms with van der Waals surface area (Å²) in [6.45, 7) is 1.84. The Morgan fingerprint density at radius 3 is 2.92 bits per heavy atom. The molecule has 0 bridgehead atoms. The zero-order valence-electron chi connectivity index (χ0n) is 7.62. The van der Waals surface area contributed by atoms with Gasteiger partial charge in [0.15, 0.2) is 5.78 Å². The molecule has 0 saturated heterocycles. The van der Waals surface area contributed by atoms with Crippen LogP contribution in [0.5, 0.6) is 0 Å². The van der Waals surface area contributed by atoms with E-state index in [1.54, 1.807) is 0 Å². The molecule has 1 heterocycles. The van der Waals surface area contributed by atoms with Crippen LogP contribution < -0.4 is 0 Å². The maximum absolute atomic E-state index is 11.6. The molecule has 0 radical (unpaired) electrons. The number of carbonyl (C=O) groups excluding carboxylic acids is 1. The van der Waals surface area contributed by atoms with Crippen molar-refractivity contribution in [3.05, 3.63) is 10.6 Å². The van der Waals surface area contributed by atoms with E-state index >= 15 is 0 Å². The van der Waals surface area contributed by atoms with Gasteiger partial charge in [-0.3, -0.25) is 4.79 Å². The molecule has 0 aliphatic heterocycles. The van der Waals surface area contributed by atoms with Gasteiger partial charge in [-0.2, -0.15) is 0 Å². The molecular formula is C9H12N2OS. The van der Waals surface area contributed by atoms with Gasteiger partial charge in [-0.05, 0) is 30.8 Å². The van der Waals surface area contributed by atoms with Crippen LogP contribution in [0.15, 0.2) is 0 Å². The minimum Gasteiger partial charge on any atom is -0.293 e. The lowest BCUT2D eigenvalue weighted by molar-refractivity contribution is 0.0981. The van der Waals surface area contributed by atoms with Gasteiger partial charge in [-0.1, -0.05) is 17.3 Å². The van der Waals surface area contributed by atoms with Crippen LogP contribution >= 0.6 is 11.5 Å². The summed E-state index contributed by atoms with van der Waals surface area (Å²) in [5, 5.41) is 3.83. The van der Waals surface area contributed by atoms with Gasteiger partial charge in [-0.25, -0.2) is 0 Å². The van der Waals surface area contributed by atoms with Crippen molar-refractivity contribution in [1.82, 2.24) is 9.59 Å². The quantitative estimate of drug-likeness (QED) is 0.693. The molecule has 70 valence electrons. The molecule has 4 heteroatoms. The van der Waals surface area contributed by atoms with E-state index in [9.17, 15) is 4.79 Å². The number of ketones is 1. The van der Waals surface area contributed by atoms with Crippen molar-refractivity contribution in [3.8, 4) is 0 Å². The smallest absolute Gasteiger partial charge is 0.176 e. The third-order valence-electron chi connectivity index (χ3n) is 2.38. The predicted molar refractivity (Wildman–Crippen MR) is 50.9 cm³/mol. The molecule has 3 nitrogen and oxygen atoms in total. The van der Waals surface area contributed by atoms with Crippen LogP contribution in [0.3, 0.4) is 0 Å². The average Bonchev–Trinajstić information content (AvgIpc) is 2.84. The third kappa shape index (κ3) is 2.12. The van der Waals surface area contributed by atoms with Crippen molar-refractivity contribution in [3.63, 3.8) is 0 Å². The van der Waals surface area contributed by atoms with Crippen molar-refractivity contribution in [2.45, 2.75) is 32.6 Å². The summed E-state index contributed by atoms with van der Waals surface area (Å²) in [6.07, 6.45) is 4.35. The lowest BCUT2D eigenvalue weighted by atomic mass is 10.1. The fourth-order valence-corrected chi connectivity index (χ4v) is 1.96. The van der Waals surface area contributed by atoms with Crippen LogP contribution in [0.4, 0.5) is 0 Å². The van der Waals surface area contributed by atoms with Gasteiger partial charge in [-0.15, -0.1) is 5.10 Å². The Morgan fingerprint density at radius 1 is 1.62 bits per heavy atom. The van der Waals surface area contributed by atoms with Gasteiger partial charge in [0.05, 0.1) is 5.69 Å². The van der Waals surface area contributed by atoms with E-state index in [0.29, 0.717) is 6.42 Å². The second-order valence-corrected chi connectivity index (χ2v) is 4.35. The van der Waals surface area contributed by atoms with Crippen molar-refractivity contribution in [2.24, 2.45) is 5.92 Å². The SMILES string of the molecule is Cc1nnsc1C(=O)CCC1CC1. The Morgan fingerprint density at radius 2 is 2.38 bits per heavy atom. The lowest BCUT2D eigenvalue weighted by Gasteiger charge is -1.95. The lowest BCUT2D eigenvalue weighted by Crippen LogP contribution is -1.98. The summed E-state index contributed by atoms with van der Waals surface area (Å²) in [5.41, 5.74) is 0.783. The molecule has 1 fully saturated rings. The molecule has 0 N–H and O–H groups in total. The highest BCUT2D eigenvalue weighted by Gasteiger charge is 2.23. The molecule has 0 atom stereocenters. The van der Waals surface area contributed by atoms with E-state index in [-0.39, 0.29) is 5.78 Å². The molecule has 1 saturated carbocycles.